The summed E-state index contributed by atoms with van der Waals surface area (Å²) in [6.07, 6.45) is -5.10. The Bertz CT molecular complexity index is 517. The number of amides is 1. The number of carbonyl (C=O) groups excluding carboxylic acids is 1. The zero-order valence-corrected chi connectivity index (χ0v) is 11.5. The van der Waals surface area contributed by atoms with Crippen molar-refractivity contribution in [2.75, 3.05) is 5.32 Å². The van der Waals surface area contributed by atoms with Crippen molar-refractivity contribution in [2.24, 2.45) is 0 Å². The van der Waals surface area contributed by atoms with Crippen LogP contribution in [0.25, 0.3) is 0 Å². The van der Waals surface area contributed by atoms with Gasteiger partial charge in [0.25, 0.3) is 0 Å². The quantitative estimate of drug-likeness (QED) is 0.813. The predicted molar refractivity (Wildman–Crippen MR) is 63.5 cm³/mol. The molecule has 0 unspecified atom stereocenters. The Labute approximate surface area is 115 Å². The number of benzene rings is 1. The van der Waals surface area contributed by atoms with Gasteiger partial charge in [-0.3, -0.25) is 4.79 Å². The van der Waals surface area contributed by atoms with Crippen LogP contribution in [0, 0.1) is 0 Å². The third-order valence-corrected chi connectivity index (χ3v) is 3.14. The van der Waals surface area contributed by atoms with Gasteiger partial charge in [-0.15, -0.1) is 0 Å². The SMILES string of the molecule is O=C(O)c1c(Br)ccc(Br)c1NC(=O)C(F)(F)F. The lowest BCUT2D eigenvalue weighted by atomic mass is 10.2. The molecule has 1 aromatic rings. The van der Waals surface area contributed by atoms with E-state index in [2.05, 4.69) is 31.9 Å². The van der Waals surface area contributed by atoms with Crippen LogP contribution in [-0.4, -0.2) is 23.2 Å². The first kappa shape index (κ1) is 15.0. The summed E-state index contributed by atoms with van der Waals surface area (Å²) in [5.41, 5.74) is -0.929. The van der Waals surface area contributed by atoms with Gasteiger partial charge in [0.1, 0.15) is 0 Å². The Hall–Kier alpha value is -1.09. The molecule has 98 valence electrons. The van der Waals surface area contributed by atoms with Crippen LogP contribution in [-0.2, 0) is 4.79 Å². The van der Waals surface area contributed by atoms with Crippen molar-refractivity contribution in [3.8, 4) is 0 Å². The van der Waals surface area contributed by atoms with Crippen LogP contribution in [0.5, 0.6) is 0 Å². The van der Waals surface area contributed by atoms with E-state index in [1.165, 1.54) is 17.4 Å². The molecule has 1 aromatic carbocycles. The van der Waals surface area contributed by atoms with Gasteiger partial charge in [-0.25, -0.2) is 4.79 Å². The van der Waals surface area contributed by atoms with E-state index in [1.807, 2.05) is 0 Å². The second-order valence-electron chi connectivity index (χ2n) is 3.04. The topological polar surface area (TPSA) is 66.4 Å². The van der Waals surface area contributed by atoms with Gasteiger partial charge in [-0.1, -0.05) is 0 Å². The highest BCUT2D eigenvalue weighted by Gasteiger charge is 2.39. The van der Waals surface area contributed by atoms with E-state index in [4.69, 9.17) is 5.11 Å². The molecule has 0 aliphatic carbocycles. The zero-order chi connectivity index (χ0) is 14.1. The second kappa shape index (κ2) is 5.27. The largest absolute Gasteiger partial charge is 0.478 e. The molecular weight excluding hydrogens is 387 g/mol. The second-order valence-corrected chi connectivity index (χ2v) is 4.74. The lowest BCUT2D eigenvalue weighted by Gasteiger charge is -2.13. The summed E-state index contributed by atoms with van der Waals surface area (Å²) < 4.78 is 36.4. The maximum absolute atomic E-state index is 12.1. The van der Waals surface area contributed by atoms with E-state index >= 15 is 0 Å². The van der Waals surface area contributed by atoms with Crippen molar-refractivity contribution < 1.29 is 27.9 Å². The first-order valence-electron chi connectivity index (χ1n) is 4.24. The number of alkyl halides is 3. The van der Waals surface area contributed by atoms with E-state index in [9.17, 15) is 22.8 Å². The van der Waals surface area contributed by atoms with Gasteiger partial charge in [-0.2, -0.15) is 13.2 Å². The monoisotopic (exact) mass is 389 g/mol. The van der Waals surface area contributed by atoms with Crippen molar-refractivity contribution in [3.05, 3.63) is 26.6 Å². The summed E-state index contributed by atoms with van der Waals surface area (Å²) in [7, 11) is 0. The molecule has 4 nitrogen and oxygen atoms in total. The van der Waals surface area contributed by atoms with E-state index in [-0.39, 0.29) is 8.95 Å². The Kier molecular flexibility index (Phi) is 4.38. The highest BCUT2D eigenvalue weighted by atomic mass is 79.9. The molecule has 0 atom stereocenters. The fourth-order valence-electron chi connectivity index (χ4n) is 1.07. The molecule has 0 aliphatic rings. The first-order chi connectivity index (χ1) is 8.14. The molecule has 0 aromatic heterocycles. The van der Waals surface area contributed by atoms with Crippen LogP contribution in [0.15, 0.2) is 21.1 Å². The minimum absolute atomic E-state index is 0.0284. The molecule has 0 fully saturated rings. The Morgan fingerprint density at radius 1 is 1.17 bits per heavy atom. The number of aromatic carboxylic acids is 1. The van der Waals surface area contributed by atoms with Gasteiger partial charge >= 0.3 is 18.1 Å². The lowest BCUT2D eigenvalue weighted by Crippen LogP contribution is -2.30. The highest BCUT2D eigenvalue weighted by Crippen LogP contribution is 2.33. The van der Waals surface area contributed by atoms with E-state index in [0.717, 1.165) is 0 Å². The smallest absolute Gasteiger partial charge is 0.471 e. The van der Waals surface area contributed by atoms with Crippen molar-refractivity contribution in [1.82, 2.24) is 0 Å². The van der Waals surface area contributed by atoms with Crippen molar-refractivity contribution in [1.29, 1.82) is 0 Å². The third kappa shape index (κ3) is 3.22. The molecule has 0 heterocycles. The van der Waals surface area contributed by atoms with Gasteiger partial charge in [-0.05, 0) is 44.0 Å². The predicted octanol–water partition coefficient (Wildman–Crippen LogP) is 3.41. The molecule has 0 bridgehead atoms. The average molecular weight is 391 g/mol. The van der Waals surface area contributed by atoms with Gasteiger partial charge in [0.2, 0.25) is 0 Å². The summed E-state index contributed by atoms with van der Waals surface area (Å²) in [4.78, 5) is 21.7. The van der Waals surface area contributed by atoms with E-state index in [0.29, 0.717) is 0 Å². The lowest BCUT2D eigenvalue weighted by molar-refractivity contribution is -0.167. The zero-order valence-electron chi connectivity index (χ0n) is 8.31. The number of halogens is 5. The van der Waals surface area contributed by atoms with Crippen LogP contribution in [0.3, 0.4) is 0 Å². The fraction of sp³-hybridized carbons (Fsp3) is 0.111. The maximum Gasteiger partial charge on any atom is 0.471 e. The van der Waals surface area contributed by atoms with E-state index < -0.39 is 29.3 Å². The first-order valence-corrected chi connectivity index (χ1v) is 5.82. The molecule has 0 aliphatic heterocycles. The molecule has 0 radical (unpaired) electrons. The van der Waals surface area contributed by atoms with Gasteiger partial charge in [0.05, 0.1) is 11.3 Å². The number of carboxylic acid groups (broad SMARTS) is 1. The average Bonchev–Trinajstić information content (AvgIpc) is 2.21. The summed E-state index contributed by atoms with van der Waals surface area (Å²) in [5.74, 6) is -3.72. The molecule has 1 rings (SSSR count). The summed E-state index contributed by atoms with van der Waals surface area (Å²) >= 11 is 5.77. The third-order valence-electron chi connectivity index (χ3n) is 1.81. The standard InChI is InChI=1S/C9H4Br2F3NO3/c10-3-1-2-4(11)6(5(3)7(16)17)15-8(18)9(12,13)14/h1-2H,(H,15,18)(H,16,17). The van der Waals surface area contributed by atoms with Crippen LogP contribution in [0.4, 0.5) is 18.9 Å². The number of rotatable bonds is 2. The van der Waals surface area contributed by atoms with Crippen molar-refractivity contribution in [3.63, 3.8) is 0 Å². The summed E-state index contributed by atoms with van der Waals surface area (Å²) in [6, 6.07) is 2.64. The highest BCUT2D eigenvalue weighted by molar-refractivity contribution is 9.11. The Balaban J connectivity index is 3.28. The van der Waals surface area contributed by atoms with Gasteiger partial charge in [0.15, 0.2) is 0 Å². The molecule has 0 saturated carbocycles. The molecular formula is C9H4Br2F3NO3. The minimum atomic E-state index is -5.10. The Morgan fingerprint density at radius 3 is 2.11 bits per heavy atom. The summed E-state index contributed by atoms with van der Waals surface area (Å²) in [6.45, 7) is 0. The number of hydrogen-bond acceptors (Lipinski definition) is 2. The molecule has 0 spiro atoms. The van der Waals surface area contributed by atoms with Crippen molar-refractivity contribution >= 4 is 49.4 Å². The van der Waals surface area contributed by atoms with Crippen LogP contribution < -0.4 is 5.32 Å². The molecule has 1 amide bonds. The number of nitrogens with one attached hydrogen (secondary N) is 1. The number of hydrogen-bond donors (Lipinski definition) is 2. The maximum atomic E-state index is 12.1. The minimum Gasteiger partial charge on any atom is -0.478 e. The van der Waals surface area contributed by atoms with Crippen molar-refractivity contribution in [2.45, 2.75) is 6.18 Å². The van der Waals surface area contributed by atoms with E-state index in [1.54, 1.807) is 0 Å². The molecule has 9 heteroatoms. The summed E-state index contributed by atoms with van der Waals surface area (Å²) in [5, 5.41) is 10.4. The molecule has 2 N–H and O–H groups in total. The van der Waals surface area contributed by atoms with Crippen LogP contribution >= 0.6 is 31.9 Å². The van der Waals surface area contributed by atoms with Gasteiger partial charge in [0, 0.05) is 8.95 Å². The fourth-order valence-corrected chi connectivity index (χ4v) is 2.00. The molecule has 18 heavy (non-hydrogen) atoms. The van der Waals surface area contributed by atoms with Gasteiger partial charge < -0.3 is 10.4 Å². The number of anilines is 1. The van der Waals surface area contributed by atoms with Crippen LogP contribution in [0.1, 0.15) is 10.4 Å². The normalized spacial score (nSPS) is 11.2. The van der Waals surface area contributed by atoms with Crippen LogP contribution in [0.2, 0.25) is 0 Å². The number of carbonyl (C=O) groups is 2. The number of carboxylic acids is 1. The molecule has 0 saturated heterocycles. The Morgan fingerprint density at radius 2 is 1.67 bits per heavy atom.